The molecule has 0 aliphatic carbocycles. The number of nitrogens with zero attached hydrogens (tertiary/aromatic N) is 2. The Labute approximate surface area is 204 Å². The zero-order valence-electron chi connectivity index (χ0n) is 17.8. The maximum Gasteiger partial charge on any atom is 0.416 e. The molecule has 180 valence electrons. The van der Waals surface area contributed by atoms with Gasteiger partial charge in [0.15, 0.2) is 5.78 Å². The third-order valence-corrected chi connectivity index (χ3v) is 9.28. The molecule has 1 aromatic carbocycles. The van der Waals surface area contributed by atoms with Crippen molar-refractivity contribution in [3.05, 3.63) is 70.3 Å². The number of carbonyl (C=O) groups excluding carboxylic acids is 1. The van der Waals surface area contributed by atoms with Gasteiger partial charge in [-0.1, -0.05) is 23.7 Å². The van der Waals surface area contributed by atoms with Gasteiger partial charge in [-0.05, 0) is 66.8 Å². The van der Waals surface area contributed by atoms with Crippen LogP contribution in [0.1, 0.15) is 30.5 Å². The fourth-order valence-corrected chi connectivity index (χ4v) is 7.26. The number of alkyl halides is 3. The zero-order valence-corrected chi connectivity index (χ0v) is 20.1. The van der Waals surface area contributed by atoms with Gasteiger partial charge >= 0.3 is 6.18 Å². The number of benzene rings is 1. The van der Waals surface area contributed by atoms with Crippen LogP contribution in [-0.4, -0.2) is 36.1 Å². The number of hydrogen-bond acceptors (Lipinski definition) is 5. The highest BCUT2D eigenvalue weighted by molar-refractivity contribution is 7.91. The molecule has 1 atom stereocenters. The smallest absolute Gasteiger partial charge is 0.298 e. The van der Waals surface area contributed by atoms with E-state index in [9.17, 15) is 26.4 Å². The average Bonchev–Trinajstić information content (AvgIpc) is 3.47. The van der Waals surface area contributed by atoms with Crippen LogP contribution in [0.3, 0.4) is 0 Å². The number of hydrogen-bond donors (Lipinski definition) is 0. The van der Waals surface area contributed by atoms with Crippen molar-refractivity contribution in [1.82, 2.24) is 9.29 Å². The molecule has 0 saturated carbocycles. The number of aromatic nitrogens is 1. The van der Waals surface area contributed by atoms with Crippen molar-refractivity contribution >= 4 is 38.7 Å². The summed E-state index contributed by atoms with van der Waals surface area (Å²) in [5.74, 6) is -0.189. The van der Waals surface area contributed by atoms with Crippen LogP contribution in [-0.2, 0) is 27.4 Å². The van der Waals surface area contributed by atoms with Crippen molar-refractivity contribution in [2.24, 2.45) is 0 Å². The van der Waals surface area contributed by atoms with Crippen molar-refractivity contribution in [1.29, 1.82) is 0 Å². The molecule has 0 N–H and O–H groups in total. The summed E-state index contributed by atoms with van der Waals surface area (Å²) in [7, 11) is -3.80. The summed E-state index contributed by atoms with van der Waals surface area (Å²) in [5.41, 5.74) is 1.16. The van der Waals surface area contributed by atoms with Gasteiger partial charge in [0, 0.05) is 24.9 Å². The Hall–Kier alpha value is -2.27. The summed E-state index contributed by atoms with van der Waals surface area (Å²) < 4.78 is 66.1. The molecule has 11 heteroatoms. The lowest BCUT2D eigenvalue weighted by molar-refractivity contribution is -0.137. The van der Waals surface area contributed by atoms with Crippen LogP contribution in [0.25, 0.3) is 11.1 Å². The molecule has 1 fully saturated rings. The van der Waals surface area contributed by atoms with Crippen LogP contribution in [0, 0.1) is 0 Å². The first-order valence-corrected chi connectivity index (χ1v) is 13.1. The quantitative estimate of drug-likeness (QED) is 0.386. The predicted molar refractivity (Wildman–Crippen MR) is 124 cm³/mol. The van der Waals surface area contributed by atoms with Crippen molar-refractivity contribution in [3.63, 3.8) is 0 Å². The maximum atomic E-state index is 13.0. The van der Waals surface area contributed by atoms with Crippen molar-refractivity contribution in [3.8, 4) is 11.1 Å². The van der Waals surface area contributed by atoms with Crippen LogP contribution in [0.15, 0.2) is 58.9 Å². The molecule has 34 heavy (non-hydrogen) atoms. The minimum Gasteiger partial charge on any atom is -0.298 e. The average molecular weight is 529 g/mol. The van der Waals surface area contributed by atoms with E-state index >= 15 is 0 Å². The lowest BCUT2D eigenvalue weighted by atomic mass is 10.0. The summed E-state index contributed by atoms with van der Waals surface area (Å²) in [6.07, 6.45) is -1.42. The van der Waals surface area contributed by atoms with Gasteiger partial charge in [0.2, 0.25) is 0 Å². The summed E-state index contributed by atoms with van der Waals surface area (Å²) in [6.45, 7) is 0.274. The molecule has 3 heterocycles. The summed E-state index contributed by atoms with van der Waals surface area (Å²) in [4.78, 5) is 17.2. The number of ketones is 1. The Bertz CT molecular complexity index is 1290. The Morgan fingerprint density at radius 1 is 1.12 bits per heavy atom. The Balaban J connectivity index is 1.44. The van der Waals surface area contributed by atoms with Crippen LogP contribution >= 0.6 is 22.9 Å². The maximum absolute atomic E-state index is 13.0. The van der Waals surface area contributed by atoms with Crippen molar-refractivity contribution < 1.29 is 26.4 Å². The molecule has 0 bridgehead atoms. The summed E-state index contributed by atoms with van der Waals surface area (Å²) in [5, 5.41) is 0. The lowest BCUT2D eigenvalue weighted by Gasteiger charge is -2.22. The van der Waals surface area contributed by atoms with Gasteiger partial charge in [-0.3, -0.25) is 9.78 Å². The summed E-state index contributed by atoms with van der Waals surface area (Å²) >= 11 is 6.85. The SMILES string of the molecule is O=C(CCc1cc(-c2ccc(C(F)(F)F)cc2)ccn1)[C@@H]1CCCN1S(=O)(=O)c1ccc(Cl)s1. The van der Waals surface area contributed by atoms with E-state index in [1.165, 1.54) is 28.6 Å². The largest absolute Gasteiger partial charge is 0.416 e. The van der Waals surface area contributed by atoms with E-state index in [1.807, 2.05) is 0 Å². The predicted octanol–water partition coefficient (Wildman–Crippen LogP) is 5.84. The number of Topliss-reactive ketones (excluding diaryl/α,β-unsaturated/α-hetero) is 1. The lowest BCUT2D eigenvalue weighted by Crippen LogP contribution is -2.40. The highest BCUT2D eigenvalue weighted by Crippen LogP contribution is 2.33. The number of aryl methyl sites for hydroxylation is 1. The molecule has 4 rings (SSSR count). The monoisotopic (exact) mass is 528 g/mol. The van der Waals surface area contributed by atoms with Crippen molar-refractivity contribution in [2.45, 2.75) is 42.1 Å². The van der Waals surface area contributed by atoms with Gasteiger partial charge in [-0.25, -0.2) is 8.42 Å². The molecule has 0 radical (unpaired) electrons. The molecule has 2 aromatic heterocycles. The van der Waals surface area contributed by atoms with Crippen LogP contribution < -0.4 is 0 Å². The third kappa shape index (κ3) is 5.35. The van der Waals surface area contributed by atoms with Crippen LogP contribution in [0.2, 0.25) is 4.34 Å². The topological polar surface area (TPSA) is 67.3 Å². The van der Waals surface area contributed by atoms with Gasteiger partial charge in [0.25, 0.3) is 10.0 Å². The first-order chi connectivity index (χ1) is 16.1. The molecule has 0 unspecified atom stereocenters. The minimum absolute atomic E-state index is 0.103. The Kier molecular flexibility index (Phi) is 7.14. The molecule has 0 spiro atoms. The number of rotatable bonds is 7. The summed E-state index contributed by atoms with van der Waals surface area (Å²) in [6, 6.07) is 10.5. The Morgan fingerprint density at radius 2 is 1.85 bits per heavy atom. The standard InChI is InChI=1S/C23H20ClF3N2O3S2/c24-21-9-10-22(33-21)34(31,32)29-13-1-2-19(29)20(30)8-7-18-14-16(11-12-28-18)15-3-5-17(6-4-15)23(25,26)27/h3-6,9-12,14,19H,1-2,7-8,13H2/t19-/m0/s1. The highest BCUT2D eigenvalue weighted by atomic mass is 35.5. The van der Waals surface area contributed by atoms with Gasteiger partial charge in [-0.15, -0.1) is 11.3 Å². The number of pyridine rings is 1. The van der Waals surface area contributed by atoms with Crippen LogP contribution in [0.4, 0.5) is 13.2 Å². The van der Waals surface area contributed by atoms with E-state index in [-0.39, 0.29) is 23.0 Å². The molecule has 0 amide bonds. The molecule has 5 nitrogen and oxygen atoms in total. The van der Waals surface area contributed by atoms with E-state index in [0.29, 0.717) is 40.4 Å². The molecular weight excluding hydrogens is 509 g/mol. The van der Waals surface area contributed by atoms with Crippen molar-refractivity contribution in [2.75, 3.05) is 6.54 Å². The second-order valence-electron chi connectivity index (χ2n) is 7.91. The van der Waals surface area contributed by atoms with Gasteiger partial charge in [-0.2, -0.15) is 17.5 Å². The second-order valence-corrected chi connectivity index (χ2v) is 11.7. The normalized spacial score (nSPS) is 17.2. The molecule has 1 saturated heterocycles. The molecule has 1 aliphatic rings. The molecule has 1 aliphatic heterocycles. The number of sulfonamides is 1. The number of halogens is 4. The van der Waals surface area contributed by atoms with Gasteiger partial charge < -0.3 is 0 Å². The zero-order chi connectivity index (χ0) is 24.5. The Morgan fingerprint density at radius 3 is 2.50 bits per heavy atom. The van der Waals surface area contributed by atoms with E-state index < -0.39 is 27.8 Å². The first kappa shape index (κ1) is 24.8. The van der Waals surface area contributed by atoms with Crippen LogP contribution in [0.5, 0.6) is 0 Å². The van der Waals surface area contributed by atoms with E-state index in [4.69, 9.17) is 11.6 Å². The fraction of sp³-hybridized carbons (Fsp3) is 0.304. The minimum atomic E-state index is -4.40. The third-order valence-electron chi connectivity index (χ3n) is 5.68. The van der Waals surface area contributed by atoms with Gasteiger partial charge in [0.1, 0.15) is 4.21 Å². The van der Waals surface area contributed by atoms with Gasteiger partial charge in [0.05, 0.1) is 15.9 Å². The molecular formula is C23H20ClF3N2O3S2. The van der Waals surface area contributed by atoms with E-state index in [2.05, 4.69) is 4.98 Å². The number of thiophene rings is 1. The van der Waals surface area contributed by atoms with E-state index in [1.54, 1.807) is 18.3 Å². The first-order valence-electron chi connectivity index (χ1n) is 10.5. The molecule has 3 aromatic rings. The van der Waals surface area contributed by atoms with E-state index in [0.717, 1.165) is 23.5 Å². The number of carbonyl (C=O) groups is 1. The second kappa shape index (κ2) is 9.77. The highest BCUT2D eigenvalue weighted by Gasteiger charge is 2.39. The fourth-order valence-electron chi connectivity index (χ4n) is 3.97.